The van der Waals surface area contributed by atoms with E-state index in [1.165, 1.54) is 4.90 Å². The zero-order valence-corrected chi connectivity index (χ0v) is 9.74. The number of benzene rings is 1. The van der Waals surface area contributed by atoms with E-state index in [9.17, 15) is 4.79 Å². The molecule has 1 aromatic carbocycles. The lowest BCUT2D eigenvalue weighted by Crippen LogP contribution is -2.48. The van der Waals surface area contributed by atoms with E-state index in [4.69, 9.17) is 9.63 Å². The Morgan fingerprint density at radius 1 is 1.22 bits per heavy atom. The first-order valence-corrected chi connectivity index (χ1v) is 5.83. The maximum atomic E-state index is 10.8. The van der Waals surface area contributed by atoms with E-state index in [1.54, 1.807) is 0 Å². The summed E-state index contributed by atoms with van der Waals surface area (Å²) in [6.45, 7) is 2.28. The molecule has 1 amide bonds. The Morgan fingerprint density at radius 2 is 1.94 bits per heavy atom. The van der Waals surface area contributed by atoms with Crippen LogP contribution in [0.25, 0.3) is 11.0 Å². The number of rotatable bonds is 1. The maximum Gasteiger partial charge on any atom is 0.407 e. The molecule has 2 heterocycles. The molecule has 6 nitrogen and oxygen atoms in total. The molecule has 1 aromatic heterocycles. The van der Waals surface area contributed by atoms with Crippen LogP contribution >= 0.6 is 0 Å². The molecule has 0 spiro atoms. The summed E-state index contributed by atoms with van der Waals surface area (Å²) in [5, 5.41) is 13.9. The van der Waals surface area contributed by atoms with Gasteiger partial charge in [-0.2, -0.15) is 0 Å². The molecule has 0 aliphatic carbocycles. The summed E-state index contributed by atoms with van der Waals surface area (Å²) in [6.07, 6.45) is -0.861. The fourth-order valence-corrected chi connectivity index (χ4v) is 2.21. The molecular formula is C12H13N3O3. The van der Waals surface area contributed by atoms with Crippen molar-refractivity contribution in [3.63, 3.8) is 0 Å². The molecule has 0 atom stereocenters. The van der Waals surface area contributed by atoms with Gasteiger partial charge >= 0.3 is 6.09 Å². The number of carboxylic acid groups (broad SMARTS) is 1. The molecule has 3 rings (SSSR count). The Bertz CT molecular complexity index is 573. The quantitative estimate of drug-likeness (QED) is 0.829. The third kappa shape index (κ3) is 1.75. The van der Waals surface area contributed by atoms with Gasteiger partial charge in [-0.3, -0.25) is 0 Å². The van der Waals surface area contributed by atoms with Crippen molar-refractivity contribution < 1.29 is 14.4 Å². The van der Waals surface area contributed by atoms with Gasteiger partial charge < -0.3 is 19.4 Å². The van der Waals surface area contributed by atoms with Crippen molar-refractivity contribution in [2.75, 3.05) is 31.1 Å². The molecule has 0 bridgehead atoms. The van der Waals surface area contributed by atoms with Crippen LogP contribution in [0.15, 0.2) is 28.8 Å². The number of hydrogen-bond donors (Lipinski definition) is 1. The summed E-state index contributed by atoms with van der Waals surface area (Å²) in [6, 6.07) is 7.68. The molecule has 1 aliphatic heterocycles. The van der Waals surface area contributed by atoms with Crippen molar-refractivity contribution in [1.82, 2.24) is 10.1 Å². The van der Waals surface area contributed by atoms with Crippen LogP contribution < -0.4 is 4.90 Å². The molecule has 1 N–H and O–H groups in total. The SMILES string of the molecule is O=C(O)N1CCN(c2noc3ccccc23)CC1. The first-order valence-electron chi connectivity index (χ1n) is 5.83. The number of aromatic nitrogens is 1. The van der Waals surface area contributed by atoms with Crippen molar-refractivity contribution in [2.24, 2.45) is 0 Å². The molecule has 1 aliphatic rings. The van der Waals surface area contributed by atoms with E-state index < -0.39 is 6.09 Å². The molecule has 0 saturated carbocycles. The number of fused-ring (bicyclic) bond motifs is 1. The molecule has 2 aromatic rings. The highest BCUT2D eigenvalue weighted by molar-refractivity contribution is 5.88. The Balaban J connectivity index is 1.82. The Labute approximate surface area is 103 Å². The molecule has 94 valence electrons. The molecule has 18 heavy (non-hydrogen) atoms. The van der Waals surface area contributed by atoms with Gasteiger partial charge in [-0.1, -0.05) is 17.3 Å². The summed E-state index contributed by atoms with van der Waals surface area (Å²) in [5.74, 6) is 0.802. The van der Waals surface area contributed by atoms with E-state index in [0.717, 1.165) is 16.8 Å². The van der Waals surface area contributed by atoms with Crippen LogP contribution in [0, 0.1) is 0 Å². The second-order valence-electron chi connectivity index (χ2n) is 4.26. The van der Waals surface area contributed by atoms with Crippen molar-refractivity contribution in [3.05, 3.63) is 24.3 Å². The highest BCUT2D eigenvalue weighted by Crippen LogP contribution is 2.26. The molecule has 0 radical (unpaired) electrons. The molecular weight excluding hydrogens is 234 g/mol. The fraction of sp³-hybridized carbons (Fsp3) is 0.333. The van der Waals surface area contributed by atoms with Crippen molar-refractivity contribution in [3.8, 4) is 0 Å². The second kappa shape index (κ2) is 4.21. The lowest BCUT2D eigenvalue weighted by atomic mass is 10.2. The summed E-state index contributed by atoms with van der Waals surface area (Å²) >= 11 is 0. The van der Waals surface area contributed by atoms with Gasteiger partial charge in [0.2, 0.25) is 0 Å². The largest absolute Gasteiger partial charge is 0.465 e. The molecule has 6 heteroatoms. The van der Waals surface area contributed by atoms with Crippen molar-refractivity contribution >= 4 is 22.9 Å². The normalized spacial score (nSPS) is 16.2. The van der Waals surface area contributed by atoms with Crippen LogP contribution in [0.2, 0.25) is 0 Å². The standard InChI is InChI=1S/C12H13N3O3/c16-12(17)15-7-5-14(6-8-15)11-9-3-1-2-4-10(9)18-13-11/h1-4H,5-8H2,(H,16,17). The highest BCUT2D eigenvalue weighted by Gasteiger charge is 2.23. The minimum Gasteiger partial charge on any atom is -0.465 e. The average Bonchev–Trinajstić information content (AvgIpc) is 2.82. The predicted molar refractivity (Wildman–Crippen MR) is 65.8 cm³/mol. The monoisotopic (exact) mass is 247 g/mol. The first kappa shape index (κ1) is 10.9. The van der Waals surface area contributed by atoms with Gasteiger partial charge in [0.15, 0.2) is 11.4 Å². The Morgan fingerprint density at radius 3 is 2.67 bits per heavy atom. The van der Waals surface area contributed by atoms with Crippen LogP contribution in [0.1, 0.15) is 0 Å². The third-order valence-electron chi connectivity index (χ3n) is 3.21. The number of piperazine rings is 1. The molecule has 0 unspecified atom stereocenters. The van der Waals surface area contributed by atoms with Gasteiger partial charge in [0, 0.05) is 26.2 Å². The van der Waals surface area contributed by atoms with Gasteiger partial charge in [-0.05, 0) is 12.1 Å². The van der Waals surface area contributed by atoms with Gasteiger partial charge in [0.05, 0.1) is 5.39 Å². The maximum absolute atomic E-state index is 10.8. The third-order valence-corrected chi connectivity index (χ3v) is 3.21. The van der Waals surface area contributed by atoms with Crippen LogP contribution in [0.4, 0.5) is 10.6 Å². The zero-order valence-electron chi connectivity index (χ0n) is 9.74. The average molecular weight is 247 g/mol. The molecule has 1 saturated heterocycles. The summed E-state index contributed by atoms with van der Waals surface area (Å²) in [7, 11) is 0. The summed E-state index contributed by atoms with van der Waals surface area (Å²) in [5.41, 5.74) is 0.758. The number of hydrogen-bond acceptors (Lipinski definition) is 4. The van der Waals surface area contributed by atoms with E-state index >= 15 is 0 Å². The number of carbonyl (C=O) groups is 1. The number of nitrogens with zero attached hydrogens (tertiary/aromatic N) is 3. The minimum absolute atomic E-state index is 0.497. The number of para-hydroxylation sites is 1. The van der Waals surface area contributed by atoms with Gasteiger partial charge in [-0.15, -0.1) is 0 Å². The summed E-state index contributed by atoms with van der Waals surface area (Å²) < 4.78 is 5.25. The molecule has 1 fully saturated rings. The van der Waals surface area contributed by atoms with E-state index in [0.29, 0.717) is 26.2 Å². The van der Waals surface area contributed by atoms with E-state index in [2.05, 4.69) is 10.1 Å². The van der Waals surface area contributed by atoms with Crippen LogP contribution in [-0.4, -0.2) is 47.4 Å². The van der Waals surface area contributed by atoms with Crippen molar-refractivity contribution in [1.29, 1.82) is 0 Å². The van der Waals surface area contributed by atoms with Crippen LogP contribution in [0.3, 0.4) is 0 Å². The summed E-state index contributed by atoms with van der Waals surface area (Å²) in [4.78, 5) is 14.3. The Kier molecular flexibility index (Phi) is 2.55. The van der Waals surface area contributed by atoms with E-state index in [1.807, 2.05) is 24.3 Å². The number of amides is 1. The van der Waals surface area contributed by atoms with Gasteiger partial charge in [-0.25, -0.2) is 4.79 Å². The van der Waals surface area contributed by atoms with Crippen molar-refractivity contribution in [2.45, 2.75) is 0 Å². The van der Waals surface area contributed by atoms with E-state index in [-0.39, 0.29) is 0 Å². The smallest absolute Gasteiger partial charge is 0.407 e. The first-order chi connectivity index (χ1) is 8.75. The number of anilines is 1. The van der Waals surface area contributed by atoms with Crippen LogP contribution in [0.5, 0.6) is 0 Å². The van der Waals surface area contributed by atoms with Crippen LogP contribution in [-0.2, 0) is 0 Å². The Hall–Kier alpha value is -2.24. The minimum atomic E-state index is -0.861. The van der Waals surface area contributed by atoms with Gasteiger partial charge in [0.1, 0.15) is 0 Å². The topological polar surface area (TPSA) is 69.8 Å². The predicted octanol–water partition coefficient (Wildman–Crippen LogP) is 1.63. The second-order valence-corrected chi connectivity index (χ2v) is 4.26. The van der Waals surface area contributed by atoms with Gasteiger partial charge in [0.25, 0.3) is 0 Å². The fourth-order valence-electron chi connectivity index (χ4n) is 2.21. The highest BCUT2D eigenvalue weighted by atomic mass is 16.5. The lowest BCUT2D eigenvalue weighted by Gasteiger charge is -2.32. The lowest BCUT2D eigenvalue weighted by molar-refractivity contribution is 0.142. The zero-order chi connectivity index (χ0) is 12.5.